The van der Waals surface area contributed by atoms with Crippen LogP contribution < -0.4 is 5.32 Å². The summed E-state index contributed by atoms with van der Waals surface area (Å²) in [6.45, 7) is 0.784. The van der Waals surface area contributed by atoms with E-state index in [-0.39, 0.29) is 19.3 Å². The van der Waals surface area contributed by atoms with E-state index in [0.29, 0.717) is 0 Å². The summed E-state index contributed by atoms with van der Waals surface area (Å²) in [5.41, 5.74) is 0.817. The minimum Gasteiger partial charge on any atom is -0.481 e. The number of carboxylic acids is 1. The van der Waals surface area contributed by atoms with Crippen molar-refractivity contribution in [3.8, 4) is 0 Å². The van der Waals surface area contributed by atoms with E-state index < -0.39 is 30.0 Å². The van der Waals surface area contributed by atoms with Crippen LogP contribution in [0.25, 0.3) is 0 Å². The minimum atomic E-state index is -4.62. The molecule has 1 aromatic carbocycles. The van der Waals surface area contributed by atoms with Crippen LogP contribution in [0.4, 0.5) is 13.2 Å². The highest BCUT2D eigenvalue weighted by Gasteiger charge is 2.41. The lowest BCUT2D eigenvalue weighted by molar-refractivity contribution is -0.179. The van der Waals surface area contributed by atoms with E-state index in [1.807, 2.05) is 0 Å². The number of alkyl halides is 3. The molecule has 0 bridgehead atoms. The molecular weight excluding hydrogens is 299 g/mol. The molecule has 122 valence electrons. The average Bonchev–Trinajstić information content (AvgIpc) is 2.43. The quantitative estimate of drug-likeness (QED) is 0.812. The SMILES string of the molecule is CC(C(=O)NC(CCC(=O)O)Cc1ccccc1)C(F)(F)F. The molecule has 0 aliphatic carbocycles. The predicted molar refractivity (Wildman–Crippen MR) is 74.2 cm³/mol. The molecule has 1 rings (SSSR count). The standard InChI is InChI=1S/C15H18F3NO3/c1-10(15(16,17)18)14(22)19-12(7-8-13(20)21)9-11-5-3-2-4-6-11/h2-6,10,12H,7-9H2,1H3,(H,19,22)(H,20,21). The summed E-state index contributed by atoms with van der Waals surface area (Å²) in [6.07, 6.45) is -4.49. The predicted octanol–water partition coefficient (Wildman–Crippen LogP) is 2.78. The lowest BCUT2D eigenvalue weighted by Crippen LogP contribution is -2.44. The second kappa shape index (κ2) is 7.82. The summed E-state index contributed by atoms with van der Waals surface area (Å²) in [4.78, 5) is 22.3. The number of benzene rings is 1. The van der Waals surface area contributed by atoms with E-state index in [0.717, 1.165) is 12.5 Å². The number of nitrogens with one attached hydrogen (secondary N) is 1. The molecular formula is C15H18F3NO3. The lowest BCUT2D eigenvalue weighted by Gasteiger charge is -2.22. The van der Waals surface area contributed by atoms with Crippen LogP contribution in [0, 0.1) is 5.92 Å². The van der Waals surface area contributed by atoms with Crippen LogP contribution in [0.15, 0.2) is 30.3 Å². The Kier molecular flexibility index (Phi) is 6.39. The van der Waals surface area contributed by atoms with Crippen molar-refractivity contribution < 1.29 is 27.9 Å². The Hall–Kier alpha value is -2.05. The first-order chi connectivity index (χ1) is 10.2. The Bertz CT molecular complexity index is 503. The third kappa shape index (κ3) is 6.15. The van der Waals surface area contributed by atoms with Gasteiger partial charge in [-0.15, -0.1) is 0 Å². The maximum absolute atomic E-state index is 12.5. The Morgan fingerprint density at radius 1 is 1.23 bits per heavy atom. The van der Waals surface area contributed by atoms with Crippen LogP contribution >= 0.6 is 0 Å². The van der Waals surface area contributed by atoms with Gasteiger partial charge in [-0.25, -0.2) is 0 Å². The summed E-state index contributed by atoms with van der Waals surface area (Å²) < 4.78 is 37.6. The van der Waals surface area contributed by atoms with Crippen molar-refractivity contribution in [2.45, 2.75) is 38.4 Å². The first-order valence-corrected chi connectivity index (χ1v) is 6.83. The fourth-order valence-corrected chi connectivity index (χ4v) is 1.90. The van der Waals surface area contributed by atoms with Gasteiger partial charge in [0.25, 0.3) is 0 Å². The largest absolute Gasteiger partial charge is 0.481 e. The smallest absolute Gasteiger partial charge is 0.400 e. The van der Waals surface area contributed by atoms with Gasteiger partial charge in [0, 0.05) is 12.5 Å². The third-order valence-corrected chi connectivity index (χ3v) is 3.26. The number of hydrogen-bond acceptors (Lipinski definition) is 2. The van der Waals surface area contributed by atoms with E-state index >= 15 is 0 Å². The second-order valence-corrected chi connectivity index (χ2v) is 5.09. The van der Waals surface area contributed by atoms with Gasteiger partial charge in [0.05, 0.1) is 0 Å². The van der Waals surface area contributed by atoms with Crippen LogP contribution in [-0.2, 0) is 16.0 Å². The maximum atomic E-state index is 12.5. The fourth-order valence-electron chi connectivity index (χ4n) is 1.90. The monoisotopic (exact) mass is 317 g/mol. The number of carbonyl (C=O) groups is 2. The molecule has 0 fully saturated rings. The molecule has 22 heavy (non-hydrogen) atoms. The van der Waals surface area contributed by atoms with Gasteiger partial charge in [-0.05, 0) is 25.3 Å². The number of amides is 1. The van der Waals surface area contributed by atoms with Crippen molar-refractivity contribution >= 4 is 11.9 Å². The summed E-state index contributed by atoms with van der Waals surface area (Å²) in [5.74, 6) is -4.33. The Labute approximate surface area is 126 Å². The molecule has 0 saturated carbocycles. The van der Waals surface area contributed by atoms with E-state index in [2.05, 4.69) is 5.32 Å². The van der Waals surface area contributed by atoms with Crippen LogP contribution in [-0.4, -0.2) is 29.2 Å². The fraction of sp³-hybridized carbons (Fsp3) is 0.467. The van der Waals surface area contributed by atoms with E-state index in [4.69, 9.17) is 5.11 Å². The molecule has 0 radical (unpaired) electrons. The van der Waals surface area contributed by atoms with Crippen LogP contribution in [0.2, 0.25) is 0 Å². The first-order valence-electron chi connectivity index (χ1n) is 6.83. The van der Waals surface area contributed by atoms with Crippen LogP contribution in [0.5, 0.6) is 0 Å². The van der Waals surface area contributed by atoms with Gasteiger partial charge in [0.2, 0.25) is 5.91 Å². The van der Waals surface area contributed by atoms with Crippen molar-refractivity contribution in [2.24, 2.45) is 5.92 Å². The van der Waals surface area contributed by atoms with Gasteiger partial charge >= 0.3 is 12.1 Å². The number of aliphatic carboxylic acids is 1. The molecule has 2 N–H and O–H groups in total. The molecule has 2 atom stereocenters. The summed E-state index contributed by atoms with van der Waals surface area (Å²) in [6, 6.07) is 8.21. The lowest BCUT2D eigenvalue weighted by atomic mass is 10.0. The van der Waals surface area contributed by atoms with Gasteiger partial charge in [-0.3, -0.25) is 9.59 Å². The Balaban J connectivity index is 2.73. The zero-order chi connectivity index (χ0) is 16.8. The van der Waals surface area contributed by atoms with Crippen LogP contribution in [0.1, 0.15) is 25.3 Å². The van der Waals surface area contributed by atoms with Gasteiger partial charge in [0.1, 0.15) is 5.92 Å². The molecule has 0 aromatic heterocycles. The second-order valence-electron chi connectivity index (χ2n) is 5.09. The molecule has 7 heteroatoms. The highest BCUT2D eigenvalue weighted by Crippen LogP contribution is 2.26. The average molecular weight is 317 g/mol. The molecule has 0 aliphatic heterocycles. The summed E-state index contributed by atoms with van der Waals surface area (Å²) in [5, 5.41) is 11.0. The molecule has 0 spiro atoms. The Morgan fingerprint density at radius 2 is 1.82 bits per heavy atom. The van der Waals surface area contributed by atoms with E-state index in [1.54, 1.807) is 30.3 Å². The topological polar surface area (TPSA) is 66.4 Å². The highest BCUT2D eigenvalue weighted by atomic mass is 19.4. The molecule has 0 saturated heterocycles. The normalized spacial score (nSPS) is 14.2. The summed E-state index contributed by atoms with van der Waals surface area (Å²) >= 11 is 0. The molecule has 1 amide bonds. The van der Waals surface area contributed by atoms with Crippen molar-refractivity contribution in [1.82, 2.24) is 5.32 Å². The van der Waals surface area contributed by atoms with Crippen molar-refractivity contribution in [2.75, 3.05) is 0 Å². The van der Waals surface area contributed by atoms with Crippen molar-refractivity contribution in [3.63, 3.8) is 0 Å². The molecule has 0 aliphatic rings. The zero-order valence-corrected chi connectivity index (χ0v) is 12.1. The number of carbonyl (C=O) groups excluding carboxylic acids is 1. The third-order valence-electron chi connectivity index (χ3n) is 3.26. The zero-order valence-electron chi connectivity index (χ0n) is 12.1. The van der Waals surface area contributed by atoms with Gasteiger partial charge in [-0.2, -0.15) is 13.2 Å². The molecule has 0 heterocycles. The van der Waals surface area contributed by atoms with Crippen molar-refractivity contribution in [3.05, 3.63) is 35.9 Å². The van der Waals surface area contributed by atoms with E-state index in [1.165, 1.54) is 0 Å². The van der Waals surface area contributed by atoms with E-state index in [9.17, 15) is 22.8 Å². The van der Waals surface area contributed by atoms with Crippen LogP contribution in [0.3, 0.4) is 0 Å². The maximum Gasteiger partial charge on any atom is 0.400 e. The number of carboxylic acid groups (broad SMARTS) is 1. The minimum absolute atomic E-state index is 0.0700. The number of rotatable bonds is 7. The Morgan fingerprint density at radius 3 is 2.32 bits per heavy atom. The van der Waals surface area contributed by atoms with Gasteiger partial charge < -0.3 is 10.4 Å². The molecule has 2 unspecified atom stereocenters. The first kappa shape index (κ1) is 18.0. The van der Waals surface area contributed by atoms with Crippen molar-refractivity contribution in [1.29, 1.82) is 0 Å². The summed E-state index contributed by atoms with van der Waals surface area (Å²) in [7, 11) is 0. The molecule has 4 nitrogen and oxygen atoms in total. The number of halogens is 3. The highest BCUT2D eigenvalue weighted by molar-refractivity contribution is 5.79. The van der Waals surface area contributed by atoms with Gasteiger partial charge in [-0.1, -0.05) is 30.3 Å². The molecule has 1 aromatic rings. The van der Waals surface area contributed by atoms with Gasteiger partial charge in [0.15, 0.2) is 0 Å². The number of hydrogen-bond donors (Lipinski definition) is 2.